The number of piperidine rings is 1. The van der Waals surface area contributed by atoms with Crippen molar-refractivity contribution in [1.82, 2.24) is 4.98 Å². The van der Waals surface area contributed by atoms with Gasteiger partial charge in [-0.15, -0.1) is 0 Å². The fourth-order valence-corrected chi connectivity index (χ4v) is 4.19. The molecule has 5 heteroatoms. The quantitative estimate of drug-likeness (QED) is 0.759. The normalized spacial score (nSPS) is 20.4. The molecule has 2 aromatic rings. The number of benzene rings is 1. The molecule has 0 N–H and O–H groups in total. The zero-order valence-electron chi connectivity index (χ0n) is 13.6. The summed E-state index contributed by atoms with van der Waals surface area (Å²) in [7, 11) is 0. The van der Waals surface area contributed by atoms with Crippen molar-refractivity contribution in [2.75, 3.05) is 18.0 Å². The number of nitrogens with zero attached hydrogens (tertiary/aromatic N) is 2. The second-order valence-corrected chi connectivity index (χ2v) is 7.31. The summed E-state index contributed by atoms with van der Waals surface area (Å²) in [5.41, 5.74) is 2.65. The number of hydrogen-bond acceptors (Lipinski definition) is 2. The first kappa shape index (κ1) is 15.7. The van der Waals surface area contributed by atoms with E-state index in [0.717, 1.165) is 29.7 Å². The monoisotopic (exact) mass is 334 g/mol. The van der Waals surface area contributed by atoms with E-state index in [0.29, 0.717) is 11.0 Å². The zero-order valence-corrected chi connectivity index (χ0v) is 13.6. The third-order valence-electron chi connectivity index (χ3n) is 5.77. The number of aromatic nitrogens is 1. The van der Waals surface area contributed by atoms with Crippen molar-refractivity contribution in [1.29, 1.82) is 0 Å². The molecular weight excluding hydrogens is 313 g/mol. The smallest absolute Gasteiger partial charge is 0.371 e. The Labute approximate surface area is 139 Å². The fourth-order valence-electron chi connectivity index (χ4n) is 4.19. The molecule has 4 rings (SSSR count). The Morgan fingerprint density at radius 2 is 1.79 bits per heavy atom. The van der Waals surface area contributed by atoms with Gasteiger partial charge in [0.15, 0.2) is 0 Å². The first-order valence-corrected chi connectivity index (χ1v) is 8.64. The Bertz CT molecular complexity index is 740. The van der Waals surface area contributed by atoms with Crippen molar-refractivity contribution in [3.8, 4) is 0 Å². The van der Waals surface area contributed by atoms with Crippen LogP contribution in [0.5, 0.6) is 0 Å². The first-order valence-electron chi connectivity index (χ1n) is 8.64. The van der Waals surface area contributed by atoms with Crippen LogP contribution in [-0.4, -0.2) is 24.2 Å². The van der Waals surface area contributed by atoms with Crippen LogP contribution in [0, 0.1) is 5.41 Å². The van der Waals surface area contributed by atoms with Crippen molar-refractivity contribution >= 4 is 16.6 Å². The minimum atomic E-state index is -4.18. The minimum absolute atomic E-state index is 0.303. The highest BCUT2D eigenvalue weighted by Gasteiger charge is 2.39. The van der Waals surface area contributed by atoms with Crippen LogP contribution in [0.1, 0.15) is 37.7 Å². The summed E-state index contributed by atoms with van der Waals surface area (Å²) in [4.78, 5) is 6.65. The van der Waals surface area contributed by atoms with Crippen molar-refractivity contribution < 1.29 is 13.2 Å². The van der Waals surface area contributed by atoms with Gasteiger partial charge in [0.25, 0.3) is 0 Å². The lowest BCUT2D eigenvalue weighted by atomic mass is 9.63. The van der Waals surface area contributed by atoms with Crippen LogP contribution in [0.15, 0.2) is 30.5 Å². The maximum absolute atomic E-state index is 12.7. The maximum Gasteiger partial charge on any atom is 0.393 e. The molecule has 0 radical (unpaired) electrons. The third kappa shape index (κ3) is 2.96. The molecule has 1 aliphatic heterocycles. The average molecular weight is 334 g/mol. The molecule has 2 fully saturated rings. The van der Waals surface area contributed by atoms with E-state index >= 15 is 0 Å². The molecule has 2 heterocycles. The summed E-state index contributed by atoms with van der Waals surface area (Å²) < 4.78 is 38.1. The van der Waals surface area contributed by atoms with Crippen molar-refractivity contribution in [2.45, 2.75) is 44.7 Å². The van der Waals surface area contributed by atoms with E-state index in [2.05, 4.69) is 9.88 Å². The van der Waals surface area contributed by atoms with E-state index in [1.165, 1.54) is 38.2 Å². The van der Waals surface area contributed by atoms with Crippen molar-refractivity contribution in [3.05, 3.63) is 36.0 Å². The number of rotatable bonds is 2. The molecule has 0 unspecified atom stereocenters. The SMILES string of the molecule is FC(F)(F)Cc1ccc2nccc(N3CCC4(CCC4)CC3)c2c1. The molecule has 0 amide bonds. The van der Waals surface area contributed by atoms with E-state index in [9.17, 15) is 13.2 Å². The van der Waals surface area contributed by atoms with Gasteiger partial charge in [-0.05, 0) is 54.9 Å². The lowest BCUT2D eigenvalue weighted by molar-refractivity contribution is -0.127. The standard InChI is InChI=1S/C19H21F3N2/c20-19(21,22)13-14-2-3-16-15(12-14)17(4-9-23-16)24-10-7-18(8-11-24)5-1-6-18/h2-4,9,12H,1,5-8,10-11,13H2. The van der Waals surface area contributed by atoms with Gasteiger partial charge in [-0.3, -0.25) is 4.98 Å². The van der Waals surface area contributed by atoms with E-state index in [1.54, 1.807) is 18.3 Å². The zero-order chi connectivity index (χ0) is 16.8. The second kappa shape index (κ2) is 5.64. The number of anilines is 1. The Morgan fingerprint density at radius 1 is 1.04 bits per heavy atom. The van der Waals surface area contributed by atoms with E-state index < -0.39 is 12.6 Å². The second-order valence-electron chi connectivity index (χ2n) is 7.31. The molecule has 2 nitrogen and oxygen atoms in total. The largest absolute Gasteiger partial charge is 0.393 e. The first-order chi connectivity index (χ1) is 11.4. The molecule has 1 saturated carbocycles. The van der Waals surface area contributed by atoms with E-state index in [-0.39, 0.29) is 0 Å². The number of fused-ring (bicyclic) bond motifs is 1. The summed E-state index contributed by atoms with van der Waals surface area (Å²) in [6.45, 7) is 1.98. The molecule has 1 aliphatic carbocycles. The lowest BCUT2D eigenvalue weighted by Crippen LogP contribution is -2.43. The molecule has 0 bridgehead atoms. The van der Waals surface area contributed by atoms with Gasteiger partial charge in [-0.2, -0.15) is 13.2 Å². The van der Waals surface area contributed by atoms with Crippen molar-refractivity contribution in [2.24, 2.45) is 5.41 Å². The summed E-state index contributed by atoms with van der Waals surface area (Å²) in [5, 5.41) is 0.837. The van der Waals surface area contributed by atoms with Gasteiger partial charge in [-0.25, -0.2) is 0 Å². The Hall–Kier alpha value is -1.78. The Morgan fingerprint density at radius 3 is 2.42 bits per heavy atom. The highest BCUT2D eigenvalue weighted by molar-refractivity contribution is 5.92. The molecule has 0 atom stereocenters. The van der Waals surface area contributed by atoms with Gasteiger partial charge < -0.3 is 4.90 Å². The van der Waals surface area contributed by atoms with Crippen LogP contribution in [0.2, 0.25) is 0 Å². The summed E-state index contributed by atoms with van der Waals surface area (Å²) in [6, 6.07) is 6.85. The molecule has 1 aromatic carbocycles. The van der Waals surface area contributed by atoms with Crippen LogP contribution in [0.4, 0.5) is 18.9 Å². The summed E-state index contributed by atoms with van der Waals surface area (Å²) in [5.74, 6) is 0. The number of alkyl halides is 3. The fraction of sp³-hybridized carbons (Fsp3) is 0.526. The number of pyridine rings is 1. The van der Waals surface area contributed by atoms with Crippen molar-refractivity contribution in [3.63, 3.8) is 0 Å². The third-order valence-corrected chi connectivity index (χ3v) is 5.77. The molecule has 1 aromatic heterocycles. The van der Waals surface area contributed by atoms with Crippen LogP contribution in [0.25, 0.3) is 10.9 Å². The predicted octanol–water partition coefficient (Wildman–Crippen LogP) is 5.11. The molecular formula is C19H21F3N2. The number of halogens is 3. The summed E-state index contributed by atoms with van der Waals surface area (Å²) in [6.07, 6.45) is 3.10. The maximum atomic E-state index is 12.7. The van der Waals surface area contributed by atoms with Crippen LogP contribution < -0.4 is 4.90 Å². The molecule has 128 valence electrons. The van der Waals surface area contributed by atoms with Gasteiger partial charge in [0.05, 0.1) is 11.9 Å². The average Bonchev–Trinajstić information content (AvgIpc) is 2.51. The Balaban J connectivity index is 1.63. The van der Waals surface area contributed by atoms with Crippen LogP contribution >= 0.6 is 0 Å². The molecule has 2 aliphatic rings. The Kier molecular flexibility index (Phi) is 3.70. The van der Waals surface area contributed by atoms with E-state index in [1.807, 2.05) is 6.07 Å². The van der Waals surface area contributed by atoms with Gasteiger partial charge >= 0.3 is 6.18 Å². The van der Waals surface area contributed by atoms with Gasteiger partial charge in [-0.1, -0.05) is 12.5 Å². The van der Waals surface area contributed by atoms with Gasteiger partial charge in [0, 0.05) is 30.4 Å². The van der Waals surface area contributed by atoms with Gasteiger partial charge in [0.2, 0.25) is 0 Å². The van der Waals surface area contributed by atoms with Crippen LogP contribution in [0.3, 0.4) is 0 Å². The minimum Gasteiger partial charge on any atom is -0.371 e. The molecule has 1 spiro atoms. The van der Waals surface area contributed by atoms with Crippen LogP contribution in [-0.2, 0) is 6.42 Å². The highest BCUT2D eigenvalue weighted by Crippen LogP contribution is 2.49. The predicted molar refractivity (Wildman–Crippen MR) is 89.2 cm³/mol. The molecule has 24 heavy (non-hydrogen) atoms. The number of hydrogen-bond donors (Lipinski definition) is 0. The highest BCUT2D eigenvalue weighted by atomic mass is 19.4. The van der Waals surface area contributed by atoms with Gasteiger partial charge in [0.1, 0.15) is 0 Å². The molecule has 1 saturated heterocycles. The lowest BCUT2D eigenvalue weighted by Gasteiger charge is -2.48. The summed E-state index contributed by atoms with van der Waals surface area (Å²) >= 11 is 0. The topological polar surface area (TPSA) is 16.1 Å². The van der Waals surface area contributed by atoms with E-state index in [4.69, 9.17) is 0 Å².